The van der Waals surface area contributed by atoms with Crippen LogP contribution in [-0.4, -0.2) is 96.7 Å². The monoisotopic (exact) mass is 1280 g/mol. The summed E-state index contributed by atoms with van der Waals surface area (Å²) in [6, 6.07) is 0. The molecule has 0 aromatic heterocycles. The second-order valence-electron chi connectivity index (χ2n) is 25.0. The lowest BCUT2D eigenvalue weighted by Crippen LogP contribution is -2.30. The van der Waals surface area contributed by atoms with Gasteiger partial charge in [-0.25, -0.2) is 9.13 Å². The fraction of sp³-hybridized carbons (Fsp3) is 0.941. The van der Waals surface area contributed by atoms with Gasteiger partial charge in [0.05, 0.1) is 26.4 Å². The van der Waals surface area contributed by atoms with E-state index in [-0.39, 0.29) is 25.7 Å². The van der Waals surface area contributed by atoms with Gasteiger partial charge in [-0.3, -0.25) is 37.3 Å². The van der Waals surface area contributed by atoms with Crippen LogP contribution in [0, 0.1) is 5.92 Å². The zero-order chi connectivity index (χ0) is 64.2. The van der Waals surface area contributed by atoms with Gasteiger partial charge in [-0.2, -0.15) is 0 Å². The molecule has 0 saturated heterocycles. The van der Waals surface area contributed by atoms with Crippen LogP contribution in [0.25, 0.3) is 0 Å². The normalized spacial score (nSPS) is 14.1. The van der Waals surface area contributed by atoms with Crippen LogP contribution in [0.1, 0.15) is 349 Å². The summed E-state index contributed by atoms with van der Waals surface area (Å²) < 4.78 is 68.2. The van der Waals surface area contributed by atoms with Gasteiger partial charge >= 0.3 is 39.5 Å². The molecule has 0 bridgehead atoms. The van der Waals surface area contributed by atoms with E-state index in [4.69, 9.17) is 37.0 Å². The van der Waals surface area contributed by atoms with Crippen molar-refractivity contribution in [2.75, 3.05) is 39.6 Å². The standard InChI is InChI=1S/C68H132O17P2/c1-6-9-12-15-18-21-24-25-26-27-28-33-39-44-49-54-68(73)85-64(58-79-66(71)52-47-42-37-34-29-30-35-40-45-50-61(4)5)60-83-87(76,77)81-56-62(69)55-80-86(74,75)82-59-63(84-67(72)53-48-43-38-32-23-20-17-14-11-8-3)57-78-65(70)51-46-41-36-31-22-19-16-13-10-7-2/h61-64,69H,6-60H2,1-5H3,(H,74,75)(H,76,77)/t62-,63+,64+/m0/s1. The van der Waals surface area contributed by atoms with Crippen LogP contribution in [0.5, 0.6) is 0 Å². The number of carbonyl (C=O) groups is 4. The maximum absolute atomic E-state index is 13.0. The first-order chi connectivity index (χ1) is 42.0. The molecule has 0 fully saturated rings. The molecule has 2 unspecified atom stereocenters. The summed E-state index contributed by atoms with van der Waals surface area (Å²) in [5.41, 5.74) is 0. The van der Waals surface area contributed by atoms with Gasteiger partial charge in [0.15, 0.2) is 12.2 Å². The van der Waals surface area contributed by atoms with E-state index in [0.29, 0.717) is 25.7 Å². The van der Waals surface area contributed by atoms with E-state index in [2.05, 4.69) is 34.6 Å². The third-order valence-corrected chi connectivity index (χ3v) is 17.7. The van der Waals surface area contributed by atoms with Crippen molar-refractivity contribution in [3.8, 4) is 0 Å². The Morgan fingerprint density at radius 1 is 0.310 bits per heavy atom. The van der Waals surface area contributed by atoms with Crippen LogP contribution in [0.3, 0.4) is 0 Å². The van der Waals surface area contributed by atoms with Crippen LogP contribution in [0.4, 0.5) is 0 Å². The molecule has 0 aliphatic heterocycles. The zero-order valence-electron chi connectivity index (χ0n) is 56.2. The lowest BCUT2D eigenvalue weighted by atomic mass is 10.0. The van der Waals surface area contributed by atoms with Crippen LogP contribution in [-0.2, 0) is 65.4 Å². The van der Waals surface area contributed by atoms with Crippen molar-refractivity contribution in [1.29, 1.82) is 0 Å². The summed E-state index contributed by atoms with van der Waals surface area (Å²) in [6.45, 7) is 7.20. The Balaban J connectivity index is 5.23. The summed E-state index contributed by atoms with van der Waals surface area (Å²) in [5.74, 6) is -1.38. The molecule has 0 amide bonds. The first kappa shape index (κ1) is 85.1. The Morgan fingerprint density at radius 2 is 0.529 bits per heavy atom. The molecule has 0 spiro atoms. The SMILES string of the molecule is CCCCCCCCCCCCCCCCCC(=O)O[C@H](COC(=O)CCCCCCCCCCCC(C)C)COP(=O)(O)OC[C@@H](O)COP(=O)(O)OC[C@@H](COC(=O)CCCCCCCCCCCC)OC(=O)CCCCCCCCCCCC. The van der Waals surface area contributed by atoms with E-state index in [1.807, 2.05) is 0 Å². The molecule has 3 N–H and O–H groups in total. The van der Waals surface area contributed by atoms with Gasteiger partial charge in [-0.15, -0.1) is 0 Å². The highest BCUT2D eigenvalue weighted by Gasteiger charge is 2.30. The minimum Gasteiger partial charge on any atom is -0.462 e. The number of hydrogen-bond donors (Lipinski definition) is 3. The Hall–Kier alpha value is -1.94. The maximum atomic E-state index is 13.0. The molecule has 516 valence electrons. The number of unbranched alkanes of at least 4 members (excludes halogenated alkanes) is 40. The van der Waals surface area contributed by atoms with Gasteiger partial charge in [0.2, 0.25) is 0 Å². The molecule has 0 aliphatic carbocycles. The van der Waals surface area contributed by atoms with Gasteiger partial charge in [0.1, 0.15) is 19.3 Å². The summed E-state index contributed by atoms with van der Waals surface area (Å²) in [7, 11) is -9.89. The fourth-order valence-electron chi connectivity index (χ4n) is 10.3. The van der Waals surface area contributed by atoms with Crippen LogP contribution in [0.15, 0.2) is 0 Å². The van der Waals surface area contributed by atoms with Gasteiger partial charge in [0.25, 0.3) is 0 Å². The van der Waals surface area contributed by atoms with Crippen LogP contribution >= 0.6 is 15.6 Å². The molecule has 0 saturated carbocycles. The topological polar surface area (TPSA) is 237 Å². The number of ether oxygens (including phenoxy) is 4. The number of phosphoric acid groups is 2. The molecule has 0 heterocycles. The third-order valence-electron chi connectivity index (χ3n) is 15.8. The fourth-order valence-corrected chi connectivity index (χ4v) is 11.9. The average molecular weight is 1280 g/mol. The highest BCUT2D eigenvalue weighted by molar-refractivity contribution is 7.47. The van der Waals surface area contributed by atoms with E-state index < -0.39 is 97.5 Å². The molecule has 0 radical (unpaired) electrons. The lowest BCUT2D eigenvalue weighted by molar-refractivity contribution is -0.161. The minimum absolute atomic E-state index is 0.107. The van der Waals surface area contributed by atoms with Gasteiger partial charge in [0, 0.05) is 25.7 Å². The van der Waals surface area contributed by atoms with Crippen molar-refractivity contribution in [3.05, 3.63) is 0 Å². The van der Waals surface area contributed by atoms with E-state index in [1.165, 1.54) is 173 Å². The number of esters is 4. The summed E-state index contributed by atoms with van der Waals surface area (Å²) in [6.07, 6.45) is 47.1. The molecule has 0 aromatic rings. The van der Waals surface area contributed by atoms with E-state index in [0.717, 1.165) is 95.8 Å². The average Bonchev–Trinajstić information content (AvgIpc) is 3.70. The number of aliphatic hydroxyl groups is 1. The molecule has 0 aromatic carbocycles. The Kier molecular flexibility index (Phi) is 60.2. The van der Waals surface area contributed by atoms with Crippen molar-refractivity contribution in [2.24, 2.45) is 5.92 Å². The lowest BCUT2D eigenvalue weighted by Gasteiger charge is -2.21. The largest absolute Gasteiger partial charge is 0.472 e. The van der Waals surface area contributed by atoms with Crippen LogP contribution < -0.4 is 0 Å². The predicted octanol–water partition coefficient (Wildman–Crippen LogP) is 19.4. The molecular weight excluding hydrogens is 1150 g/mol. The molecule has 19 heteroatoms. The van der Waals surface area contributed by atoms with E-state index in [1.54, 1.807) is 0 Å². The van der Waals surface area contributed by atoms with Crippen molar-refractivity contribution in [3.63, 3.8) is 0 Å². The molecule has 0 rings (SSSR count). The Labute approximate surface area is 530 Å². The van der Waals surface area contributed by atoms with Gasteiger partial charge < -0.3 is 33.8 Å². The second-order valence-corrected chi connectivity index (χ2v) is 27.9. The Morgan fingerprint density at radius 3 is 0.782 bits per heavy atom. The zero-order valence-corrected chi connectivity index (χ0v) is 57.9. The maximum Gasteiger partial charge on any atom is 0.472 e. The highest BCUT2D eigenvalue weighted by Crippen LogP contribution is 2.45. The molecule has 0 aliphatic rings. The number of aliphatic hydroxyl groups excluding tert-OH is 1. The van der Waals surface area contributed by atoms with Gasteiger partial charge in [-0.05, 0) is 31.6 Å². The van der Waals surface area contributed by atoms with Gasteiger partial charge in [-0.1, -0.05) is 298 Å². The van der Waals surface area contributed by atoms with E-state index >= 15 is 0 Å². The highest BCUT2D eigenvalue weighted by atomic mass is 31.2. The number of carbonyl (C=O) groups excluding carboxylic acids is 4. The first-order valence-corrected chi connectivity index (χ1v) is 38.6. The second kappa shape index (κ2) is 61.6. The van der Waals surface area contributed by atoms with E-state index in [9.17, 15) is 43.2 Å². The molecule has 87 heavy (non-hydrogen) atoms. The van der Waals surface area contributed by atoms with Crippen molar-refractivity contribution in [2.45, 2.75) is 368 Å². The van der Waals surface area contributed by atoms with Crippen molar-refractivity contribution >= 4 is 39.5 Å². The van der Waals surface area contributed by atoms with Crippen molar-refractivity contribution < 1.29 is 80.2 Å². The number of phosphoric ester groups is 2. The summed E-state index contributed by atoms with van der Waals surface area (Å²) in [5, 5.41) is 10.6. The Bertz CT molecular complexity index is 1690. The number of hydrogen-bond acceptors (Lipinski definition) is 15. The third kappa shape index (κ3) is 62.6. The summed E-state index contributed by atoms with van der Waals surface area (Å²) in [4.78, 5) is 72.4. The minimum atomic E-state index is -4.95. The molecule has 17 nitrogen and oxygen atoms in total. The molecule has 5 atom stereocenters. The predicted molar refractivity (Wildman–Crippen MR) is 349 cm³/mol. The quantitative estimate of drug-likeness (QED) is 0.0222. The van der Waals surface area contributed by atoms with Crippen LogP contribution in [0.2, 0.25) is 0 Å². The number of rotatable bonds is 68. The smallest absolute Gasteiger partial charge is 0.462 e. The molecular formula is C68H132O17P2. The van der Waals surface area contributed by atoms with Crippen molar-refractivity contribution in [1.82, 2.24) is 0 Å². The first-order valence-electron chi connectivity index (χ1n) is 35.6. The summed E-state index contributed by atoms with van der Waals surface area (Å²) >= 11 is 0.